The molecule has 0 saturated heterocycles. The summed E-state index contributed by atoms with van der Waals surface area (Å²) in [6.45, 7) is 0. The van der Waals surface area contributed by atoms with Crippen LogP contribution in [0.3, 0.4) is 0 Å². The third-order valence-corrected chi connectivity index (χ3v) is 3.34. The van der Waals surface area contributed by atoms with E-state index in [0.717, 1.165) is 32.0 Å². The Morgan fingerprint density at radius 3 is 2.91 bits per heavy atom. The summed E-state index contributed by atoms with van der Waals surface area (Å²) >= 11 is 0. The lowest BCUT2D eigenvalue weighted by atomic mass is 9.77. The zero-order chi connectivity index (χ0) is 7.90. The predicted octanol–water partition coefficient (Wildman–Crippen LogP) is 1.52. The lowest BCUT2D eigenvalue weighted by Gasteiger charge is -2.23. The van der Waals surface area contributed by atoms with Crippen molar-refractivity contribution in [1.82, 2.24) is 0 Å². The Hall–Kier alpha value is -0.840. The Bertz CT molecular complexity index is 230. The van der Waals surface area contributed by atoms with Gasteiger partial charge in [-0.15, -0.1) is 0 Å². The van der Waals surface area contributed by atoms with E-state index in [0.29, 0.717) is 5.92 Å². The molecule has 11 heavy (non-hydrogen) atoms. The number of nitrogens with zero attached hydrogens (tertiary/aromatic N) is 1. The molecule has 3 unspecified atom stereocenters. The Labute approximate surface area is 66.2 Å². The number of fused-ring (bicyclic) bond motifs is 2. The number of hydrogen-bond donors (Lipinski definition) is 0. The van der Waals surface area contributed by atoms with Gasteiger partial charge in [0.2, 0.25) is 0 Å². The number of hydrogen-bond acceptors (Lipinski definition) is 2. The van der Waals surface area contributed by atoms with Gasteiger partial charge in [-0.3, -0.25) is 0 Å². The molecule has 2 aliphatic carbocycles. The van der Waals surface area contributed by atoms with E-state index < -0.39 is 0 Å². The van der Waals surface area contributed by atoms with Gasteiger partial charge in [0.05, 0.1) is 11.5 Å². The Morgan fingerprint density at radius 2 is 2.45 bits per heavy atom. The van der Waals surface area contributed by atoms with Crippen LogP contribution in [0.15, 0.2) is 0 Å². The smallest absolute Gasteiger partial charge is 0.124 e. The topological polar surface area (TPSA) is 40.9 Å². The van der Waals surface area contributed by atoms with E-state index in [2.05, 4.69) is 6.07 Å². The highest BCUT2D eigenvalue weighted by molar-refractivity contribution is 5.58. The van der Waals surface area contributed by atoms with Gasteiger partial charge in [0, 0.05) is 5.92 Å². The number of carbonyl (C=O) groups is 1. The number of aldehydes is 1. The van der Waals surface area contributed by atoms with E-state index in [9.17, 15) is 4.79 Å². The molecule has 0 aromatic heterocycles. The van der Waals surface area contributed by atoms with E-state index in [4.69, 9.17) is 5.26 Å². The molecule has 0 aromatic carbocycles. The average molecular weight is 149 g/mol. The largest absolute Gasteiger partial charge is 0.303 e. The summed E-state index contributed by atoms with van der Waals surface area (Å²) in [5.74, 6) is 0.719. The zero-order valence-corrected chi connectivity index (χ0v) is 6.42. The molecule has 2 bridgehead atoms. The van der Waals surface area contributed by atoms with Crippen LogP contribution in [0.1, 0.15) is 25.7 Å². The van der Waals surface area contributed by atoms with Gasteiger partial charge in [-0.2, -0.15) is 5.26 Å². The van der Waals surface area contributed by atoms with Crippen molar-refractivity contribution in [3.05, 3.63) is 0 Å². The summed E-state index contributed by atoms with van der Waals surface area (Å²) in [5, 5.41) is 8.94. The molecule has 2 saturated carbocycles. The molecule has 3 atom stereocenters. The lowest BCUT2D eigenvalue weighted by Crippen LogP contribution is -2.24. The molecule has 2 nitrogen and oxygen atoms in total. The van der Waals surface area contributed by atoms with E-state index in [1.54, 1.807) is 0 Å². The van der Waals surface area contributed by atoms with Crippen LogP contribution in [0.5, 0.6) is 0 Å². The summed E-state index contributed by atoms with van der Waals surface area (Å²) in [4.78, 5) is 10.6. The number of nitriles is 1. The van der Waals surface area contributed by atoms with Crippen LogP contribution in [0.25, 0.3) is 0 Å². The van der Waals surface area contributed by atoms with Crippen molar-refractivity contribution in [1.29, 1.82) is 5.26 Å². The fourth-order valence-corrected chi connectivity index (χ4v) is 2.67. The second kappa shape index (κ2) is 2.07. The SMILES string of the molecule is N#CC12CCC(CC1C=O)C2. The van der Waals surface area contributed by atoms with Crippen LogP contribution < -0.4 is 0 Å². The van der Waals surface area contributed by atoms with Crippen LogP contribution in [0, 0.1) is 28.6 Å². The van der Waals surface area contributed by atoms with Crippen molar-refractivity contribution in [2.45, 2.75) is 25.7 Å². The van der Waals surface area contributed by atoms with Gasteiger partial charge in [-0.1, -0.05) is 0 Å². The van der Waals surface area contributed by atoms with Gasteiger partial charge < -0.3 is 4.79 Å². The highest BCUT2D eigenvalue weighted by Crippen LogP contribution is 2.56. The van der Waals surface area contributed by atoms with Crippen LogP contribution >= 0.6 is 0 Å². The van der Waals surface area contributed by atoms with Crippen molar-refractivity contribution in [2.75, 3.05) is 0 Å². The molecular formula is C9H11NO. The Morgan fingerprint density at radius 1 is 1.64 bits per heavy atom. The molecule has 0 spiro atoms. The molecule has 0 aromatic rings. The normalized spacial score (nSPS) is 47.2. The average Bonchev–Trinajstić information content (AvgIpc) is 2.60. The van der Waals surface area contributed by atoms with E-state index in [1.165, 1.54) is 0 Å². The van der Waals surface area contributed by atoms with Gasteiger partial charge in [0.15, 0.2) is 0 Å². The maximum absolute atomic E-state index is 10.6. The summed E-state index contributed by atoms with van der Waals surface area (Å²) < 4.78 is 0. The van der Waals surface area contributed by atoms with Crippen molar-refractivity contribution in [3.63, 3.8) is 0 Å². The fourth-order valence-electron chi connectivity index (χ4n) is 2.67. The quantitative estimate of drug-likeness (QED) is 0.530. The number of carbonyl (C=O) groups excluding carboxylic acids is 1. The van der Waals surface area contributed by atoms with Crippen LogP contribution in [0.4, 0.5) is 0 Å². The van der Waals surface area contributed by atoms with Crippen molar-refractivity contribution >= 4 is 6.29 Å². The van der Waals surface area contributed by atoms with Crippen LogP contribution in [-0.2, 0) is 4.79 Å². The Kier molecular flexibility index (Phi) is 1.29. The highest BCUT2D eigenvalue weighted by atomic mass is 16.1. The molecule has 2 aliphatic rings. The summed E-state index contributed by atoms with van der Waals surface area (Å²) in [6.07, 6.45) is 5.06. The van der Waals surface area contributed by atoms with Crippen LogP contribution in [-0.4, -0.2) is 6.29 Å². The van der Waals surface area contributed by atoms with E-state index in [-0.39, 0.29) is 11.3 Å². The number of rotatable bonds is 1. The predicted molar refractivity (Wildman–Crippen MR) is 39.6 cm³/mol. The molecule has 0 N–H and O–H groups in total. The molecule has 2 rings (SSSR count). The summed E-state index contributed by atoms with van der Waals surface area (Å²) in [7, 11) is 0. The van der Waals surface area contributed by atoms with Gasteiger partial charge in [0.1, 0.15) is 6.29 Å². The third-order valence-electron chi connectivity index (χ3n) is 3.34. The fraction of sp³-hybridized carbons (Fsp3) is 0.778. The molecule has 0 aliphatic heterocycles. The van der Waals surface area contributed by atoms with Gasteiger partial charge in [-0.25, -0.2) is 0 Å². The lowest BCUT2D eigenvalue weighted by molar-refractivity contribution is -0.113. The second-order valence-electron chi connectivity index (χ2n) is 3.86. The third kappa shape index (κ3) is 0.742. The van der Waals surface area contributed by atoms with E-state index in [1.807, 2.05) is 0 Å². The monoisotopic (exact) mass is 149 g/mol. The summed E-state index contributed by atoms with van der Waals surface area (Å²) in [5.41, 5.74) is -0.244. The molecular weight excluding hydrogens is 138 g/mol. The molecule has 0 heterocycles. The molecule has 58 valence electrons. The summed E-state index contributed by atoms with van der Waals surface area (Å²) in [6, 6.07) is 2.34. The molecule has 0 radical (unpaired) electrons. The zero-order valence-electron chi connectivity index (χ0n) is 6.42. The van der Waals surface area contributed by atoms with Gasteiger partial charge in [-0.05, 0) is 31.6 Å². The standard InChI is InChI=1S/C9H11NO/c10-6-9-2-1-7(4-9)3-8(9)5-11/h5,7-8H,1-4H2. The maximum Gasteiger partial charge on any atom is 0.124 e. The Balaban J connectivity index is 2.30. The molecule has 0 amide bonds. The first-order valence-corrected chi connectivity index (χ1v) is 4.17. The first-order chi connectivity index (χ1) is 5.30. The van der Waals surface area contributed by atoms with Crippen LogP contribution in [0.2, 0.25) is 0 Å². The minimum Gasteiger partial charge on any atom is -0.303 e. The molecule has 2 fully saturated rings. The van der Waals surface area contributed by atoms with E-state index >= 15 is 0 Å². The highest BCUT2D eigenvalue weighted by Gasteiger charge is 2.52. The first kappa shape index (κ1) is 6.84. The minimum atomic E-state index is -0.244. The van der Waals surface area contributed by atoms with Crippen molar-refractivity contribution < 1.29 is 4.79 Å². The van der Waals surface area contributed by atoms with Crippen molar-refractivity contribution in [2.24, 2.45) is 17.3 Å². The first-order valence-electron chi connectivity index (χ1n) is 4.17. The van der Waals surface area contributed by atoms with Gasteiger partial charge >= 0.3 is 0 Å². The maximum atomic E-state index is 10.6. The van der Waals surface area contributed by atoms with Crippen molar-refractivity contribution in [3.8, 4) is 6.07 Å². The second-order valence-corrected chi connectivity index (χ2v) is 3.86. The van der Waals surface area contributed by atoms with Gasteiger partial charge in [0.25, 0.3) is 0 Å². The molecule has 2 heteroatoms. The minimum absolute atomic E-state index is 0.0475.